The first-order valence-corrected chi connectivity index (χ1v) is 4.99. The van der Waals surface area contributed by atoms with Crippen LogP contribution in [0.4, 0.5) is 0 Å². The van der Waals surface area contributed by atoms with E-state index in [1.165, 1.54) is 10.5 Å². The molecule has 0 aliphatic rings. The molecule has 0 atom stereocenters. The van der Waals surface area contributed by atoms with Crippen LogP contribution in [0, 0.1) is 5.92 Å². The molecule has 0 amide bonds. The molecule has 0 unspecified atom stereocenters. The maximum Gasteiger partial charge on any atom is 0.0155 e. The summed E-state index contributed by atoms with van der Waals surface area (Å²) in [6, 6.07) is 0. The summed E-state index contributed by atoms with van der Waals surface area (Å²) < 4.78 is 0. The van der Waals surface area contributed by atoms with Crippen LogP contribution in [-0.4, -0.2) is 5.75 Å². The smallest absolute Gasteiger partial charge is 0.0155 e. The molecule has 0 radical (unpaired) electrons. The molecule has 0 aromatic rings. The van der Waals surface area contributed by atoms with Crippen molar-refractivity contribution in [2.75, 3.05) is 5.75 Å². The number of allylic oxidation sites excluding steroid dienone is 2. The van der Waals surface area contributed by atoms with Crippen LogP contribution in [-0.2, 0) is 0 Å². The minimum atomic E-state index is 0.657. The predicted octanol–water partition coefficient (Wildman–Crippen LogP) is 3.86. The lowest BCUT2D eigenvalue weighted by Crippen LogP contribution is -1.92. The fourth-order valence-corrected chi connectivity index (χ4v) is 1.96. The molecule has 0 saturated heterocycles. The van der Waals surface area contributed by atoms with Crippen LogP contribution < -0.4 is 0 Å². The number of thioether (sulfide) groups is 1. The second kappa shape index (κ2) is 5.48. The Kier molecular flexibility index (Phi) is 5.39. The number of hydrogen-bond acceptors (Lipinski definition) is 1. The molecule has 1 heteroatoms. The fourth-order valence-electron chi connectivity index (χ4n) is 1.04. The Morgan fingerprint density at radius 1 is 1.45 bits per heavy atom. The molecule has 0 aromatic carbocycles. The molecule has 0 heterocycles. The summed E-state index contributed by atoms with van der Waals surface area (Å²) in [6.07, 6.45) is 1.95. The first-order valence-electron chi connectivity index (χ1n) is 4.00. The van der Waals surface area contributed by atoms with Gasteiger partial charge in [-0.2, -0.15) is 0 Å². The first-order chi connectivity index (χ1) is 5.09. The van der Waals surface area contributed by atoms with E-state index in [0.717, 1.165) is 5.75 Å². The summed E-state index contributed by atoms with van der Waals surface area (Å²) in [5.41, 5.74) is 1.44. The Balaban J connectivity index is 4.13. The van der Waals surface area contributed by atoms with Crippen molar-refractivity contribution in [3.8, 4) is 0 Å². The van der Waals surface area contributed by atoms with E-state index in [1.807, 2.05) is 17.8 Å². The van der Waals surface area contributed by atoms with Crippen LogP contribution in [0.5, 0.6) is 0 Å². The molecule has 0 N–H and O–H groups in total. The first kappa shape index (κ1) is 10.8. The molecule has 0 spiro atoms. The number of hydrogen-bond donors (Lipinski definition) is 0. The molecule has 0 rings (SSSR count). The topological polar surface area (TPSA) is 0 Å². The van der Waals surface area contributed by atoms with Crippen molar-refractivity contribution in [3.63, 3.8) is 0 Å². The van der Waals surface area contributed by atoms with Crippen molar-refractivity contribution in [2.24, 2.45) is 5.92 Å². The van der Waals surface area contributed by atoms with Gasteiger partial charge in [-0.15, -0.1) is 18.3 Å². The molecule has 0 nitrogen and oxygen atoms in total. The summed E-state index contributed by atoms with van der Waals surface area (Å²) >= 11 is 1.90. The summed E-state index contributed by atoms with van der Waals surface area (Å²) in [5.74, 6) is 1.68. The van der Waals surface area contributed by atoms with E-state index in [9.17, 15) is 0 Å². The van der Waals surface area contributed by atoms with Gasteiger partial charge in [-0.25, -0.2) is 0 Å². The fraction of sp³-hybridized carbons (Fsp3) is 0.600. The average molecular weight is 170 g/mol. The molecule has 0 aliphatic carbocycles. The van der Waals surface area contributed by atoms with Gasteiger partial charge in [-0.1, -0.05) is 25.5 Å². The van der Waals surface area contributed by atoms with Crippen molar-refractivity contribution >= 4 is 11.8 Å². The van der Waals surface area contributed by atoms with E-state index >= 15 is 0 Å². The van der Waals surface area contributed by atoms with E-state index in [4.69, 9.17) is 0 Å². The monoisotopic (exact) mass is 170 g/mol. The van der Waals surface area contributed by atoms with E-state index < -0.39 is 0 Å². The second-order valence-electron chi connectivity index (χ2n) is 3.12. The lowest BCUT2D eigenvalue weighted by Gasteiger charge is -2.11. The van der Waals surface area contributed by atoms with Crippen molar-refractivity contribution < 1.29 is 0 Å². The molecule has 0 fully saturated rings. The van der Waals surface area contributed by atoms with Crippen LogP contribution in [0.1, 0.15) is 27.7 Å². The van der Waals surface area contributed by atoms with Crippen LogP contribution in [0.15, 0.2) is 23.1 Å². The van der Waals surface area contributed by atoms with Gasteiger partial charge in [0.25, 0.3) is 0 Å². The number of rotatable bonds is 4. The van der Waals surface area contributed by atoms with Crippen molar-refractivity contribution in [3.05, 3.63) is 23.1 Å². The van der Waals surface area contributed by atoms with E-state index in [0.29, 0.717) is 5.92 Å². The van der Waals surface area contributed by atoms with Crippen LogP contribution >= 0.6 is 11.8 Å². The highest BCUT2D eigenvalue weighted by atomic mass is 32.2. The van der Waals surface area contributed by atoms with E-state index in [1.54, 1.807) is 0 Å². The van der Waals surface area contributed by atoms with Gasteiger partial charge in [-0.3, -0.25) is 0 Å². The Bertz CT molecular complexity index is 150. The van der Waals surface area contributed by atoms with Crippen LogP contribution in [0.2, 0.25) is 0 Å². The van der Waals surface area contributed by atoms with Crippen molar-refractivity contribution in [2.45, 2.75) is 27.7 Å². The molecule has 11 heavy (non-hydrogen) atoms. The SMILES string of the molecule is C=CCSC(=C(C)C)C(C)C. The quantitative estimate of drug-likeness (QED) is 0.577. The average Bonchev–Trinajstić information content (AvgIpc) is 1.87. The maximum absolute atomic E-state index is 3.71. The molecular weight excluding hydrogens is 152 g/mol. The molecule has 0 bridgehead atoms. The zero-order valence-corrected chi connectivity index (χ0v) is 8.79. The lowest BCUT2D eigenvalue weighted by molar-refractivity contribution is 0.806. The van der Waals surface area contributed by atoms with Crippen molar-refractivity contribution in [1.29, 1.82) is 0 Å². The molecule has 0 saturated carbocycles. The Morgan fingerprint density at radius 3 is 2.27 bits per heavy atom. The molecule has 0 aromatic heterocycles. The van der Waals surface area contributed by atoms with E-state index in [-0.39, 0.29) is 0 Å². The Morgan fingerprint density at radius 2 is 2.00 bits per heavy atom. The van der Waals surface area contributed by atoms with Gasteiger partial charge in [0.15, 0.2) is 0 Å². The van der Waals surface area contributed by atoms with Gasteiger partial charge in [0.1, 0.15) is 0 Å². The van der Waals surface area contributed by atoms with Crippen molar-refractivity contribution in [1.82, 2.24) is 0 Å². The molecular formula is C10H18S. The van der Waals surface area contributed by atoms with Gasteiger partial charge in [-0.05, 0) is 24.7 Å². The minimum absolute atomic E-state index is 0.657. The zero-order valence-electron chi connectivity index (χ0n) is 7.98. The van der Waals surface area contributed by atoms with Crippen LogP contribution in [0.25, 0.3) is 0 Å². The standard InChI is InChI=1S/C10H18S/c1-6-7-11-10(8(2)3)9(4)5/h6,8H,1,7H2,2-5H3. The van der Waals surface area contributed by atoms with Gasteiger partial charge in [0.05, 0.1) is 0 Å². The third-order valence-corrected chi connectivity index (χ3v) is 2.97. The highest BCUT2D eigenvalue weighted by Crippen LogP contribution is 2.27. The zero-order chi connectivity index (χ0) is 8.85. The summed E-state index contributed by atoms with van der Waals surface area (Å²) in [7, 11) is 0. The largest absolute Gasteiger partial charge is 0.126 e. The highest BCUT2D eigenvalue weighted by molar-refractivity contribution is 8.03. The van der Waals surface area contributed by atoms with Gasteiger partial charge in [0, 0.05) is 5.75 Å². The van der Waals surface area contributed by atoms with Crippen LogP contribution in [0.3, 0.4) is 0 Å². The predicted molar refractivity (Wildman–Crippen MR) is 55.9 cm³/mol. The Labute approximate surface area is 74.8 Å². The maximum atomic E-state index is 3.71. The molecule has 64 valence electrons. The summed E-state index contributed by atoms with van der Waals surface area (Å²) in [5, 5.41) is 0. The third-order valence-electron chi connectivity index (χ3n) is 1.37. The van der Waals surface area contributed by atoms with E-state index in [2.05, 4.69) is 34.3 Å². The second-order valence-corrected chi connectivity index (χ2v) is 4.18. The summed E-state index contributed by atoms with van der Waals surface area (Å²) in [6.45, 7) is 12.5. The van der Waals surface area contributed by atoms with Gasteiger partial charge in [0.2, 0.25) is 0 Å². The third kappa shape index (κ3) is 4.31. The minimum Gasteiger partial charge on any atom is -0.126 e. The normalized spacial score (nSPS) is 9.91. The Hall–Kier alpha value is -0.170. The molecule has 0 aliphatic heterocycles. The van der Waals surface area contributed by atoms with Gasteiger partial charge < -0.3 is 0 Å². The summed E-state index contributed by atoms with van der Waals surface area (Å²) in [4.78, 5) is 1.50. The lowest BCUT2D eigenvalue weighted by atomic mass is 10.1. The van der Waals surface area contributed by atoms with Gasteiger partial charge >= 0.3 is 0 Å². The highest BCUT2D eigenvalue weighted by Gasteiger charge is 2.03.